The van der Waals surface area contributed by atoms with Crippen LogP contribution in [0.1, 0.15) is 29.8 Å². The molecule has 6 nitrogen and oxygen atoms in total. The number of amides is 1. The molecule has 0 bridgehead atoms. The maximum Gasteiger partial charge on any atom is 0.266 e. The fraction of sp³-hybridized carbons (Fsp3) is 0.158. The van der Waals surface area contributed by atoms with Crippen LogP contribution in [0.3, 0.4) is 0 Å². The Morgan fingerprint density at radius 3 is 2.22 bits per heavy atom. The van der Waals surface area contributed by atoms with Crippen LogP contribution in [0.2, 0.25) is 0 Å². The van der Waals surface area contributed by atoms with Crippen LogP contribution < -0.4 is 10.0 Å². The molecule has 1 amide bonds. The maximum atomic E-state index is 13.5. The summed E-state index contributed by atoms with van der Waals surface area (Å²) in [5.41, 5.74) is 5.44. The second kappa shape index (κ2) is 7.13. The minimum absolute atomic E-state index is 0.0618. The van der Waals surface area contributed by atoms with Crippen molar-refractivity contribution in [3.8, 4) is 0 Å². The van der Waals surface area contributed by atoms with Crippen LogP contribution in [0.5, 0.6) is 0 Å². The van der Waals surface area contributed by atoms with Gasteiger partial charge in [0.15, 0.2) is 5.13 Å². The van der Waals surface area contributed by atoms with Crippen molar-refractivity contribution in [2.75, 3.05) is 4.31 Å². The molecule has 0 spiro atoms. The average molecular weight is 402 g/mol. The topological polar surface area (TPSA) is 93.4 Å². The lowest BCUT2D eigenvalue weighted by Crippen LogP contribution is -2.45. The standard InChI is InChI=1S/C19H19N3O3S2/c1-19(2,15-6-4-3-5-7-15)22(18-21-12-13-26-18)27(24,25)16-10-8-14(9-11-16)17(20)23/h3-13H,1-2H3,(H2,20,23). The number of sulfonamides is 1. The number of nitrogens with two attached hydrogens (primary N) is 1. The highest BCUT2D eigenvalue weighted by Gasteiger charge is 2.40. The minimum atomic E-state index is -3.94. The second-order valence-electron chi connectivity index (χ2n) is 6.40. The molecule has 0 unspecified atom stereocenters. The van der Waals surface area contributed by atoms with Crippen LogP contribution >= 0.6 is 11.3 Å². The smallest absolute Gasteiger partial charge is 0.266 e. The molecular weight excluding hydrogens is 382 g/mol. The van der Waals surface area contributed by atoms with Gasteiger partial charge in [-0.15, -0.1) is 11.3 Å². The first kappa shape index (κ1) is 19.1. The molecule has 0 radical (unpaired) electrons. The Morgan fingerprint density at radius 2 is 1.70 bits per heavy atom. The zero-order chi connectivity index (χ0) is 19.7. The molecule has 1 heterocycles. The molecule has 27 heavy (non-hydrogen) atoms. The number of hydrogen-bond donors (Lipinski definition) is 1. The summed E-state index contributed by atoms with van der Waals surface area (Å²) < 4.78 is 28.3. The van der Waals surface area contributed by atoms with Gasteiger partial charge >= 0.3 is 0 Å². The van der Waals surface area contributed by atoms with Crippen molar-refractivity contribution in [2.24, 2.45) is 5.73 Å². The van der Waals surface area contributed by atoms with Crippen LogP contribution in [-0.4, -0.2) is 19.3 Å². The van der Waals surface area contributed by atoms with E-state index in [9.17, 15) is 13.2 Å². The number of carbonyl (C=O) groups excluding carboxylic acids is 1. The number of hydrogen-bond acceptors (Lipinski definition) is 5. The third kappa shape index (κ3) is 3.58. The van der Waals surface area contributed by atoms with E-state index in [-0.39, 0.29) is 10.5 Å². The molecule has 140 valence electrons. The number of aromatic nitrogens is 1. The first-order valence-electron chi connectivity index (χ1n) is 8.15. The van der Waals surface area contributed by atoms with Gasteiger partial charge < -0.3 is 5.73 Å². The Morgan fingerprint density at radius 1 is 1.07 bits per heavy atom. The summed E-state index contributed by atoms with van der Waals surface area (Å²) in [6.45, 7) is 3.66. The number of benzene rings is 2. The van der Waals surface area contributed by atoms with Crippen LogP contribution in [0.25, 0.3) is 0 Å². The Hall–Kier alpha value is -2.71. The molecule has 0 aliphatic carbocycles. The van der Waals surface area contributed by atoms with Crippen molar-refractivity contribution < 1.29 is 13.2 Å². The largest absolute Gasteiger partial charge is 0.366 e. The summed E-state index contributed by atoms with van der Waals surface area (Å²) in [5.74, 6) is -0.611. The third-order valence-corrected chi connectivity index (χ3v) is 7.11. The lowest BCUT2D eigenvalue weighted by Gasteiger charge is -2.37. The second-order valence-corrected chi connectivity index (χ2v) is 9.06. The van der Waals surface area contributed by atoms with E-state index in [1.54, 1.807) is 11.6 Å². The van der Waals surface area contributed by atoms with E-state index in [1.807, 2.05) is 44.2 Å². The lowest BCUT2D eigenvalue weighted by atomic mass is 9.95. The zero-order valence-electron chi connectivity index (χ0n) is 14.9. The third-order valence-electron chi connectivity index (χ3n) is 4.26. The van der Waals surface area contributed by atoms with Gasteiger partial charge in [0.1, 0.15) is 0 Å². The normalized spacial score (nSPS) is 11.9. The predicted octanol–water partition coefficient (Wildman–Crippen LogP) is 3.37. The van der Waals surface area contributed by atoms with Gasteiger partial charge in [0, 0.05) is 17.1 Å². The molecule has 2 aromatic carbocycles. The summed E-state index contributed by atoms with van der Waals surface area (Å²) in [5, 5.41) is 2.09. The molecule has 0 aliphatic rings. The summed E-state index contributed by atoms with van der Waals surface area (Å²) in [4.78, 5) is 15.6. The number of thiazole rings is 1. The summed E-state index contributed by atoms with van der Waals surface area (Å²) in [6, 6.07) is 15.0. The van der Waals surface area contributed by atoms with E-state index in [1.165, 1.54) is 39.9 Å². The van der Waals surface area contributed by atoms with E-state index in [0.717, 1.165) is 5.56 Å². The molecule has 0 fully saturated rings. The van der Waals surface area contributed by atoms with Gasteiger partial charge in [-0.1, -0.05) is 30.3 Å². The molecule has 8 heteroatoms. The van der Waals surface area contributed by atoms with Crippen molar-refractivity contribution in [3.63, 3.8) is 0 Å². The highest BCUT2D eigenvalue weighted by atomic mass is 32.2. The SMILES string of the molecule is CC(C)(c1ccccc1)N(c1nccs1)S(=O)(=O)c1ccc(C(N)=O)cc1. The van der Waals surface area contributed by atoms with E-state index in [0.29, 0.717) is 5.13 Å². The number of carbonyl (C=O) groups is 1. The van der Waals surface area contributed by atoms with Crippen LogP contribution in [0.15, 0.2) is 71.1 Å². The van der Waals surface area contributed by atoms with Crippen LogP contribution in [0.4, 0.5) is 5.13 Å². The zero-order valence-corrected chi connectivity index (χ0v) is 16.5. The average Bonchev–Trinajstić information content (AvgIpc) is 3.16. The molecule has 0 aliphatic heterocycles. The van der Waals surface area contributed by atoms with Gasteiger partial charge in [-0.2, -0.15) is 0 Å². The molecule has 0 atom stereocenters. The fourth-order valence-electron chi connectivity index (χ4n) is 2.82. The van der Waals surface area contributed by atoms with Crippen molar-refractivity contribution in [2.45, 2.75) is 24.3 Å². The highest BCUT2D eigenvalue weighted by Crippen LogP contribution is 2.38. The van der Waals surface area contributed by atoms with E-state index in [2.05, 4.69) is 4.98 Å². The lowest BCUT2D eigenvalue weighted by molar-refractivity contribution is 0.1000. The van der Waals surface area contributed by atoms with Crippen molar-refractivity contribution in [1.29, 1.82) is 0 Å². The monoisotopic (exact) mass is 401 g/mol. The number of anilines is 1. The maximum absolute atomic E-state index is 13.5. The molecule has 0 saturated carbocycles. The molecule has 2 N–H and O–H groups in total. The van der Waals surface area contributed by atoms with Crippen LogP contribution in [0, 0.1) is 0 Å². The Labute approximate surface area is 162 Å². The summed E-state index contributed by atoms with van der Waals surface area (Å²) in [7, 11) is -3.94. The Kier molecular flexibility index (Phi) is 5.03. The summed E-state index contributed by atoms with van der Waals surface area (Å²) >= 11 is 1.24. The van der Waals surface area contributed by atoms with Crippen molar-refractivity contribution in [3.05, 3.63) is 77.3 Å². The minimum Gasteiger partial charge on any atom is -0.366 e. The Bertz CT molecular complexity index is 1030. The quantitative estimate of drug-likeness (QED) is 0.685. The van der Waals surface area contributed by atoms with Gasteiger partial charge in [0.2, 0.25) is 5.91 Å². The van der Waals surface area contributed by atoms with Crippen LogP contribution in [-0.2, 0) is 15.6 Å². The van der Waals surface area contributed by atoms with Gasteiger partial charge in [-0.25, -0.2) is 17.7 Å². The molecule has 0 saturated heterocycles. The number of nitrogens with zero attached hydrogens (tertiary/aromatic N) is 2. The molecule has 3 aromatic rings. The van der Waals surface area contributed by atoms with Crippen molar-refractivity contribution in [1.82, 2.24) is 4.98 Å². The van der Waals surface area contributed by atoms with Gasteiger partial charge in [-0.05, 0) is 43.7 Å². The van der Waals surface area contributed by atoms with Gasteiger partial charge in [0.25, 0.3) is 10.0 Å². The fourth-order valence-corrected chi connectivity index (χ4v) is 5.58. The summed E-state index contributed by atoms with van der Waals surface area (Å²) in [6.07, 6.45) is 1.57. The molecule has 3 rings (SSSR count). The highest BCUT2D eigenvalue weighted by molar-refractivity contribution is 7.93. The number of primary amides is 1. The Balaban J connectivity index is 2.15. The first-order valence-corrected chi connectivity index (χ1v) is 10.5. The van der Waals surface area contributed by atoms with Crippen molar-refractivity contribution >= 4 is 32.4 Å². The first-order chi connectivity index (χ1) is 12.7. The van der Waals surface area contributed by atoms with E-state index >= 15 is 0 Å². The number of rotatable bonds is 6. The predicted molar refractivity (Wildman–Crippen MR) is 106 cm³/mol. The van der Waals surface area contributed by atoms with Gasteiger partial charge in [-0.3, -0.25) is 4.79 Å². The van der Waals surface area contributed by atoms with E-state index in [4.69, 9.17) is 5.73 Å². The molecular formula is C19H19N3O3S2. The van der Waals surface area contributed by atoms with E-state index < -0.39 is 21.5 Å². The molecule has 1 aromatic heterocycles. The van der Waals surface area contributed by atoms with Gasteiger partial charge in [0.05, 0.1) is 10.4 Å².